The number of allylic oxidation sites excluding steroid dienone is 2. The summed E-state index contributed by atoms with van der Waals surface area (Å²) in [6, 6.07) is 0. The van der Waals surface area contributed by atoms with Crippen LogP contribution in [-0.2, 0) is 0 Å². The summed E-state index contributed by atoms with van der Waals surface area (Å²) in [5.74, 6) is 1.75. The lowest BCUT2D eigenvalue weighted by Crippen LogP contribution is -1.87. The van der Waals surface area contributed by atoms with E-state index in [-0.39, 0.29) is 0 Å². The zero-order valence-corrected chi connectivity index (χ0v) is 13.4. The van der Waals surface area contributed by atoms with Gasteiger partial charge in [0.1, 0.15) is 0 Å². The van der Waals surface area contributed by atoms with Crippen LogP contribution in [0.2, 0.25) is 0 Å². The molecule has 0 nitrogen and oxygen atoms in total. The topological polar surface area (TPSA) is 0 Å². The lowest BCUT2D eigenvalue weighted by atomic mass is 10.0. The first-order valence-electron chi connectivity index (χ1n) is 8.28. The van der Waals surface area contributed by atoms with E-state index in [1.54, 1.807) is 0 Å². The lowest BCUT2D eigenvalue weighted by Gasteiger charge is -2.03. The van der Waals surface area contributed by atoms with Crippen LogP contribution in [0.15, 0.2) is 12.2 Å². The highest BCUT2D eigenvalue weighted by molar-refractivity contribution is 4.81. The van der Waals surface area contributed by atoms with Gasteiger partial charge in [0.25, 0.3) is 0 Å². The molecule has 18 heavy (non-hydrogen) atoms. The summed E-state index contributed by atoms with van der Waals surface area (Å²) in [4.78, 5) is 0. The average Bonchev–Trinajstić information content (AvgIpc) is 2.29. The molecule has 0 amide bonds. The quantitative estimate of drug-likeness (QED) is 0.266. The Bertz CT molecular complexity index is 176. The molecule has 0 heterocycles. The van der Waals surface area contributed by atoms with Gasteiger partial charge >= 0.3 is 0 Å². The van der Waals surface area contributed by atoms with Crippen LogP contribution in [-0.4, -0.2) is 0 Å². The molecule has 0 rings (SSSR count). The van der Waals surface area contributed by atoms with Crippen molar-refractivity contribution < 1.29 is 0 Å². The minimum atomic E-state index is 0.865. The molecule has 0 unspecified atom stereocenters. The summed E-state index contributed by atoms with van der Waals surface area (Å²) in [6.45, 7) is 9.26. The van der Waals surface area contributed by atoms with Crippen molar-refractivity contribution in [3.8, 4) is 0 Å². The van der Waals surface area contributed by atoms with Crippen molar-refractivity contribution in [2.75, 3.05) is 0 Å². The van der Waals surface area contributed by atoms with Gasteiger partial charge in [-0.2, -0.15) is 0 Å². The molecular weight excluding hydrogens is 216 g/mol. The van der Waals surface area contributed by atoms with Gasteiger partial charge in [-0.15, -0.1) is 0 Å². The Hall–Kier alpha value is -0.260. The maximum absolute atomic E-state index is 2.40. The Morgan fingerprint density at radius 2 is 1.00 bits per heavy atom. The van der Waals surface area contributed by atoms with E-state index in [1.807, 2.05) is 0 Å². The molecule has 0 heteroatoms. The fourth-order valence-corrected chi connectivity index (χ4v) is 2.22. The summed E-state index contributed by atoms with van der Waals surface area (Å²) in [5, 5.41) is 0. The molecular formula is C18H36. The third-order valence-electron chi connectivity index (χ3n) is 3.47. The SMILES string of the molecule is CC(C)CCC/C=C\CCCCCCCC(C)C. The van der Waals surface area contributed by atoms with Crippen molar-refractivity contribution in [1.29, 1.82) is 0 Å². The second kappa shape index (κ2) is 13.2. The number of unbranched alkanes of at least 4 members (excludes halogenated alkanes) is 6. The lowest BCUT2D eigenvalue weighted by molar-refractivity contribution is 0.516. The first-order valence-corrected chi connectivity index (χ1v) is 8.28. The average molecular weight is 252 g/mol. The molecule has 0 saturated carbocycles. The molecule has 0 saturated heterocycles. The second-order valence-electron chi connectivity index (χ2n) is 6.54. The molecule has 0 fully saturated rings. The van der Waals surface area contributed by atoms with Gasteiger partial charge in [-0.3, -0.25) is 0 Å². The zero-order valence-electron chi connectivity index (χ0n) is 13.4. The van der Waals surface area contributed by atoms with Crippen LogP contribution in [0, 0.1) is 11.8 Å². The molecule has 0 aliphatic carbocycles. The molecule has 0 spiro atoms. The summed E-state index contributed by atoms with van der Waals surface area (Å²) >= 11 is 0. The van der Waals surface area contributed by atoms with E-state index in [1.165, 1.54) is 64.2 Å². The predicted octanol–water partition coefficient (Wildman–Crippen LogP) is 6.76. The first kappa shape index (κ1) is 17.7. The fraction of sp³-hybridized carbons (Fsp3) is 0.889. The normalized spacial score (nSPS) is 12.1. The predicted molar refractivity (Wildman–Crippen MR) is 85.0 cm³/mol. The van der Waals surface area contributed by atoms with Gasteiger partial charge in [-0.1, -0.05) is 78.4 Å². The van der Waals surface area contributed by atoms with Crippen molar-refractivity contribution in [2.24, 2.45) is 11.8 Å². The third-order valence-corrected chi connectivity index (χ3v) is 3.47. The van der Waals surface area contributed by atoms with Gasteiger partial charge in [0.05, 0.1) is 0 Å². The second-order valence-corrected chi connectivity index (χ2v) is 6.54. The Balaban J connectivity index is 3.08. The van der Waals surface area contributed by atoms with E-state index in [4.69, 9.17) is 0 Å². The van der Waals surface area contributed by atoms with Crippen LogP contribution in [0.4, 0.5) is 0 Å². The monoisotopic (exact) mass is 252 g/mol. The summed E-state index contributed by atoms with van der Waals surface area (Å²) in [5.41, 5.74) is 0. The molecule has 0 atom stereocenters. The Labute approximate surface area is 116 Å². The largest absolute Gasteiger partial charge is 0.0885 e. The van der Waals surface area contributed by atoms with E-state index < -0.39 is 0 Å². The van der Waals surface area contributed by atoms with E-state index >= 15 is 0 Å². The molecule has 0 aromatic heterocycles. The molecule has 0 radical (unpaired) electrons. The standard InChI is InChI=1S/C18H36/c1-17(2)15-13-11-9-7-5-6-8-10-12-14-16-18(3)4/h7,9,17-18H,5-6,8,10-16H2,1-4H3/b9-7-. The highest BCUT2D eigenvalue weighted by Crippen LogP contribution is 2.12. The zero-order chi connectivity index (χ0) is 13.6. The van der Waals surface area contributed by atoms with Gasteiger partial charge < -0.3 is 0 Å². The van der Waals surface area contributed by atoms with Gasteiger partial charge in [0, 0.05) is 0 Å². The van der Waals surface area contributed by atoms with Crippen LogP contribution in [0.5, 0.6) is 0 Å². The van der Waals surface area contributed by atoms with Crippen LogP contribution in [0.1, 0.15) is 91.9 Å². The Morgan fingerprint density at radius 3 is 1.61 bits per heavy atom. The minimum absolute atomic E-state index is 0.865. The summed E-state index contributed by atoms with van der Waals surface area (Å²) in [7, 11) is 0. The first-order chi connectivity index (χ1) is 8.63. The van der Waals surface area contributed by atoms with Crippen molar-refractivity contribution in [1.82, 2.24) is 0 Å². The number of hydrogen-bond acceptors (Lipinski definition) is 0. The van der Waals surface area contributed by atoms with Crippen LogP contribution < -0.4 is 0 Å². The summed E-state index contributed by atoms with van der Waals surface area (Å²) < 4.78 is 0. The smallest absolute Gasteiger partial charge is 0.0351 e. The number of hydrogen-bond donors (Lipinski definition) is 0. The van der Waals surface area contributed by atoms with Gasteiger partial charge in [-0.05, 0) is 37.5 Å². The molecule has 0 aliphatic heterocycles. The maximum atomic E-state index is 2.40. The molecule has 0 N–H and O–H groups in total. The van der Waals surface area contributed by atoms with Crippen LogP contribution in [0.25, 0.3) is 0 Å². The Morgan fingerprint density at radius 1 is 0.556 bits per heavy atom. The molecule has 0 aliphatic rings. The molecule has 0 bridgehead atoms. The van der Waals surface area contributed by atoms with E-state index in [0.29, 0.717) is 0 Å². The van der Waals surface area contributed by atoms with E-state index in [2.05, 4.69) is 39.8 Å². The maximum Gasteiger partial charge on any atom is -0.0351 e. The molecule has 0 aromatic carbocycles. The van der Waals surface area contributed by atoms with Crippen molar-refractivity contribution in [3.63, 3.8) is 0 Å². The van der Waals surface area contributed by atoms with Gasteiger partial charge in [0.15, 0.2) is 0 Å². The van der Waals surface area contributed by atoms with Crippen LogP contribution in [0.3, 0.4) is 0 Å². The molecule has 108 valence electrons. The van der Waals surface area contributed by atoms with E-state index in [0.717, 1.165) is 11.8 Å². The summed E-state index contributed by atoms with van der Waals surface area (Å²) in [6.07, 6.45) is 18.6. The third kappa shape index (κ3) is 15.7. The Kier molecular flexibility index (Phi) is 13.0. The highest BCUT2D eigenvalue weighted by atomic mass is 14.0. The van der Waals surface area contributed by atoms with Gasteiger partial charge in [-0.25, -0.2) is 0 Å². The van der Waals surface area contributed by atoms with Gasteiger partial charge in [0.2, 0.25) is 0 Å². The van der Waals surface area contributed by atoms with E-state index in [9.17, 15) is 0 Å². The number of rotatable bonds is 12. The van der Waals surface area contributed by atoms with Crippen molar-refractivity contribution in [2.45, 2.75) is 91.9 Å². The fourth-order valence-electron chi connectivity index (χ4n) is 2.22. The highest BCUT2D eigenvalue weighted by Gasteiger charge is 1.94. The van der Waals surface area contributed by atoms with Crippen molar-refractivity contribution in [3.05, 3.63) is 12.2 Å². The molecule has 0 aromatic rings. The minimum Gasteiger partial charge on any atom is -0.0885 e. The van der Waals surface area contributed by atoms with Crippen LogP contribution >= 0.6 is 0 Å². The van der Waals surface area contributed by atoms with Crippen molar-refractivity contribution >= 4 is 0 Å².